The fourth-order valence-corrected chi connectivity index (χ4v) is 3.13. The van der Waals surface area contributed by atoms with Crippen LogP contribution in [0.2, 0.25) is 0 Å². The Labute approximate surface area is 127 Å². The smallest absolute Gasteiger partial charge is 0.339 e. The first kappa shape index (κ1) is 13.0. The summed E-state index contributed by atoms with van der Waals surface area (Å²) in [5, 5.41) is 13.7. The molecule has 0 unspecified atom stereocenters. The maximum atomic E-state index is 11.2. The van der Waals surface area contributed by atoms with Crippen LogP contribution in [0.1, 0.15) is 33.6 Å². The Hall–Kier alpha value is -2.69. The fourth-order valence-electron chi connectivity index (χ4n) is 3.13. The Bertz CT molecular complexity index is 912. The van der Waals surface area contributed by atoms with Crippen LogP contribution in [0.5, 0.6) is 0 Å². The Morgan fingerprint density at radius 3 is 2.86 bits per heavy atom. The van der Waals surface area contributed by atoms with Gasteiger partial charge in [0, 0.05) is 17.8 Å². The molecule has 0 amide bonds. The molecule has 0 atom stereocenters. The standard InChI is InChI=1S/C17H15N3O2/c1-10-14(17(21)22)9-18-16-8-15(19-20(10)16)13-6-5-11-3-2-4-12(11)7-13/h5-9H,2-4H2,1H3,(H,21,22). The lowest BCUT2D eigenvalue weighted by atomic mass is 10.0. The lowest BCUT2D eigenvalue weighted by molar-refractivity contribution is 0.0695. The highest BCUT2D eigenvalue weighted by Crippen LogP contribution is 2.28. The summed E-state index contributed by atoms with van der Waals surface area (Å²) in [5.74, 6) is -0.985. The second-order valence-electron chi connectivity index (χ2n) is 5.70. The number of carboxylic acid groups (broad SMARTS) is 1. The van der Waals surface area contributed by atoms with Crippen LogP contribution in [0.3, 0.4) is 0 Å². The summed E-state index contributed by atoms with van der Waals surface area (Å²) >= 11 is 0. The minimum Gasteiger partial charge on any atom is -0.478 e. The molecule has 2 heterocycles. The predicted molar refractivity (Wildman–Crippen MR) is 82.1 cm³/mol. The van der Waals surface area contributed by atoms with Crippen molar-refractivity contribution in [3.8, 4) is 11.3 Å². The Kier molecular flexibility index (Phi) is 2.76. The van der Waals surface area contributed by atoms with Gasteiger partial charge in [0.2, 0.25) is 0 Å². The number of hydrogen-bond donors (Lipinski definition) is 1. The number of carboxylic acids is 1. The van der Waals surface area contributed by atoms with E-state index >= 15 is 0 Å². The molecule has 2 aromatic heterocycles. The molecule has 0 aliphatic heterocycles. The third-order valence-corrected chi connectivity index (χ3v) is 4.35. The molecule has 1 aromatic carbocycles. The Morgan fingerprint density at radius 1 is 1.23 bits per heavy atom. The predicted octanol–water partition coefficient (Wildman–Crippen LogP) is 2.89. The number of hydrogen-bond acceptors (Lipinski definition) is 3. The number of aryl methyl sites for hydroxylation is 3. The molecule has 1 aliphatic rings. The summed E-state index contributed by atoms with van der Waals surface area (Å²) in [6.45, 7) is 1.75. The zero-order valence-electron chi connectivity index (χ0n) is 12.2. The fraction of sp³-hybridized carbons (Fsp3) is 0.235. The number of nitrogens with zero attached hydrogens (tertiary/aromatic N) is 3. The van der Waals surface area contributed by atoms with Crippen LogP contribution >= 0.6 is 0 Å². The number of aromatic nitrogens is 3. The average Bonchev–Trinajstić information content (AvgIpc) is 3.13. The number of fused-ring (bicyclic) bond motifs is 2. The highest BCUT2D eigenvalue weighted by atomic mass is 16.4. The van der Waals surface area contributed by atoms with Crippen molar-refractivity contribution in [1.82, 2.24) is 14.6 Å². The quantitative estimate of drug-likeness (QED) is 0.789. The molecule has 3 aromatic rings. The number of rotatable bonds is 2. The lowest BCUT2D eigenvalue weighted by Gasteiger charge is -2.03. The van der Waals surface area contributed by atoms with E-state index in [1.807, 2.05) is 6.07 Å². The van der Waals surface area contributed by atoms with Crippen LogP contribution in [0.25, 0.3) is 16.9 Å². The van der Waals surface area contributed by atoms with E-state index in [2.05, 4.69) is 28.3 Å². The molecule has 4 rings (SSSR count). The summed E-state index contributed by atoms with van der Waals surface area (Å²) in [5.41, 5.74) is 6.13. The van der Waals surface area contributed by atoms with Crippen molar-refractivity contribution < 1.29 is 9.90 Å². The molecular formula is C17H15N3O2. The molecule has 0 spiro atoms. The van der Waals surface area contributed by atoms with Gasteiger partial charge in [-0.15, -0.1) is 0 Å². The third-order valence-electron chi connectivity index (χ3n) is 4.35. The molecule has 0 saturated heterocycles. The van der Waals surface area contributed by atoms with E-state index in [9.17, 15) is 9.90 Å². The Balaban J connectivity index is 1.86. The Morgan fingerprint density at radius 2 is 2.05 bits per heavy atom. The van der Waals surface area contributed by atoms with Crippen LogP contribution in [0.4, 0.5) is 0 Å². The van der Waals surface area contributed by atoms with E-state index in [0.717, 1.165) is 24.1 Å². The van der Waals surface area contributed by atoms with Gasteiger partial charge < -0.3 is 5.11 Å². The largest absolute Gasteiger partial charge is 0.478 e. The van der Waals surface area contributed by atoms with Crippen LogP contribution in [-0.2, 0) is 12.8 Å². The van der Waals surface area contributed by atoms with Crippen molar-refractivity contribution in [2.75, 3.05) is 0 Å². The number of benzene rings is 1. The molecular weight excluding hydrogens is 278 g/mol. The summed E-state index contributed by atoms with van der Waals surface area (Å²) in [6, 6.07) is 8.34. The minimum absolute atomic E-state index is 0.177. The minimum atomic E-state index is -0.985. The molecule has 22 heavy (non-hydrogen) atoms. The first-order valence-electron chi connectivity index (χ1n) is 7.34. The van der Waals surface area contributed by atoms with Gasteiger partial charge in [0.1, 0.15) is 0 Å². The van der Waals surface area contributed by atoms with Gasteiger partial charge >= 0.3 is 5.97 Å². The molecule has 5 nitrogen and oxygen atoms in total. The molecule has 110 valence electrons. The van der Waals surface area contributed by atoms with Crippen molar-refractivity contribution in [1.29, 1.82) is 0 Å². The number of aromatic carboxylic acids is 1. The van der Waals surface area contributed by atoms with Gasteiger partial charge in [-0.2, -0.15) is 5.10 Å². The average molecular weight is 293 g/mol. The van der Waals surface area contributed by atoms with Gasteiger partial charge in [0.25, 0.3) is 0 Å². The van der Waals surface area contributed by atoms with Gasteiger partial charge in [0.05, 0.1) is 17.0 Å². The van der Waals surface area contributed by atoms with E-state index < -0.39 is 5.97 Å². The van der Waals surface area contributed by atoms with Crippen LogP contribution < -0.4 is 0 Å². The van der Waals surface area contributed by atoms with Crippen molar-refractivity contribution in [3.63, 3.8) is 0 Å². The maximum Gasteiger partial charge on any atom is 0.339 e. The van der Waals surface area contributed by atoms with Crippen molar-refractivity contribution in [2.24, 2.45) is 0 Å². The summed E-state index contributed by atoms with van der Waals surface area (Å²) in [6.07, 6.45) is 4.88. The van der Waals surface area contributed by atoms with Gasteiger partial charge in [-0.1, -0.05) is 12.1 Å². The van der Waals surface area contributed by atoms with Crippen molar-refractivity contribution in [3.05, 3.63) is 52.8 Å². The highest BCUT2D eigenvalue weighted by molar-refractivity contribution is 5.88. The molecule has 0 bridgehead atoms. The second-order valence-corrected chi connectivity index (χ2v) is 5.70. The zero-order valence-corrected chi connectivity index (χ0v) is 12.2. The SMILES string of the molecule is Cc1c(C(=O)O)cnc2cc(-c3ccc4c(c3)CCC4)nn12. The molecule has 1 aliphatic carbocycles. The topological polar surface area (TPSA) is 67.5 Å². The molecule has 1 N–H and O–H groups in total. The van der Waals surface area contributed by atoms with E-state index in [1.54, 1.807) is 11.4 Å². The zero-order chi connectivity index (χ0) is 15.3. The van der Waals surface area contributed by atoms with E-state index in [1.165, 1.54) is 23.7 Å². The van der Waals surface area contributed by atoms with Crippen molar-refractivity contribution in [2.45, 2.75) is 26.2 Å². The highest BCUT2D eigenvalue weighted by Gasteiger charge is 2.16. The van der Waals surface area contributed by atoms with Gasteiger partial charge in [0.15, 0.2) is 5.65 Å². The molecule has 5 heteroatoms. The van der Waals surface area contributed by atoms with Crippen LogP contribution in [0.15, 0.2) is 30.5 Å². The third kappa shape index (κ3) is 1.89. The van der Waals surface area contributed by atoms with Gasteiger partial charge in [-0.05, 0) is 43.4 Å². The van der Waals surface area contributed by atoms with E-state index in [4.69, 9.17) is 0 Å². The molecule has 0 saturated carbocycles. The lowest BCUT2D eigenvalue weighted by Crippen LogP contribution is -2.06. The normalized spacial score (nSPS) is 13.5. The monoisotopic (exact) mass is 293 g/mol. The summed E-state index contributed by atoms with van der Waals surface area (Å²) in [7, 11) is 0. The maximum absolute atomic E-state index is 11.2. The van der Waals surface area contributed by atoms with E-state index in [0.29, 0.717) is 11.3 Å². The van der Waals surface area contributed by atoms with Gasteiger partial charge in [-0.25, -0.2) is 14.3 Å². The van der Waals surface area contributed by atoms with Crippen molar-refractivity contribution >= 4 is 11.6 Å². The van der Waals surface area contributed by atoms with Crippen LogP contribution in [-0.4, -0.2) is 25.7 Å². The summed E-state index contributed by atoms with van der Waals surface area (Å²) in [4.78, 5) is 15.4. The molecule has 0 radical (unpaired) electrons. The van der Waals surface area contributed by atoms with Crippen LogP contribution in [0, 0.1) is 6.92 Å². The first-order chi connectivity index (χ1) is 10.6. The second kappa shape index (κ2) is 4.66. The molecule has 0 fully saturated rings. The first-order valence-corrected chi connectivity index (χ1v) is 7.34. The summed E-state index contributed by atoms with van der Waals surface area (Å²) < 4.78 is 1.60. The van der Waals surface area contributed by atoms with Gasteiger partial charge in [-0.3, -0.25) is 0 Å². The van der Waals surface area contributed by atoms with E-state index in [-0.39, 0.29) is 5.56 Å². The number of carbonyl (C=O) groups is 1.